The molecule has 0 spiro atoms. The molecule has 2 rings (SSSR count). The van der Waals surface area contributed by atoms with Crippen LogP contribution in [0.25, 0.3) is 0 Å². The van der Waals surface area contributed by atoms with E-state index in [1.807, 2.05) is 26.0 Å². The van der Waals surface area contributed by atoms with Crippen LogP contribution >= 0.6 is 0 Å². The molecule has 3 heteroatoms. The molecule has 2 aromatic rings. The Labute approximate surface area is 118 Å². The van der Waals surface area contributed by atoms with Crippen LogP contribution in [0, 0.1) is 5.82 Å². The molecule has 0 saturated carbocycles. The van der Waals surface area contributed by atoms with Crippen molar-refractivity contribution in [2.45, 2.75) is 32.5 Å². The third kappa shape index (κ3) is 3.17. The van der Waals surface area contributed by atoms with Gasteiger partial charge in [-0.25, -0.2) is 4.39 Å². The van der Waals surface area contributed by atoms with Crippen LogP contribution in [-0.2, 0) is 5.60 Å². The Hall–Kier alpha value is -1.87. The summed E-state index contributed by atoms with van der Waals surface area (Å²) >= 11 is 0. The highest BCUT2D eigenvalue weighted by atomic mass is 19.1. The molecule has 0 saturated heterocycles. The summed E-state index contributed by atoms with van der Waals surface area (Å²) in [5, 5.41) is 10.7. The maximum Gasteiger partial charge on any atom is 0.123 e. The van der Waals surface area contributed by atoms with E-state index < -0.39 is 5.60 Å². The van der Waals surface area contributed by atoms with Crippen molar-refractivity contribution >= 4 is 0 Å². The number of aliphatic hydroxyl groups is 1. The summed E-state index contributed by atoms with van der Waals surface area (Å²) in [6.45, 7) is 5.53. The number of hydrogen-bond acceptors (Lipinski definition) is 2. The predicted octanol–water partition coefficient (Wildman–Crippen LogP) is 3.87. The van der Waals surface area contributed by atoms with Crippen molar-refractivity contribution in [3.05, 3.63) is 65.5 Å². The van der Waals surface area contributed by atoms with Crippen LogP contribution in [0.4, 0.5) is 4.39 Å². The van der Waals surface area contributed by atoms with E-state index in [2.05, 4.69) is 0 Å². The average Bonchev–Trinajstić information content (AvgIpc) is 2.38. The summed E-state index contributed by atoms with van der Waals surface area (Å²) in [7, 11) is 0. The summed E-state index contributed by atoms with van der Waals surface area (Å²) in [6, 6.07) is 13.2. The highest BCUT2D eigenvalue weighted by Gasteiger charge is 2.26. The lowest BCUT2D eigenvalue weighted by atomic mass is 9.88. The zero-order chi connectivity index (χ0) is 14.8. The quantitative estimate of drug-likeness (QED) is 0.917. The Balaban J connectivity index is 2.38. The Bertz CT molecular complexity index is 591. The summed E-state index contributed by atoms with van der Waals surface area (Å²) in [5.41, 5.74) is -0.0845. The first-order chi connectivity index (χ1) is 9.39. The average molecular weight is 274 g/mol. The van der Waals surface area contributed by atoms with E-state index in [0.717, 1.165) is 0 Å². The molecule has 2 nitrogen and oxygen atoms in total. The highest BCUT2D eigenvalue weighted by molar-refractivity contribution is 5.39. The molecule has 0 aromatic heterocycles. The molecule has 0 heterocycles. The van der Waals surface area contributed by atoms with Gasteiger partial charge in [-0.2, -0.15) is 0 Å². The van der Waals surface area contributed by atoms with E-state index >= 15 is 0 Å². The van der Waals surface area contributed by atoms with Crippen molar-refractivity contribution in [2.75, 3.05) is 0 Å². The molecule has 1 unspecified atom stereocenters. The van der Waals surface area contributed by atoms with Crippen LogP contribution in [0.5, 0.6) is 5.75 Å². The second-order valence-corrected chi connectivity index (χ2v) is 5.28. The molecule has 106 valence electrons. The number of hydrogen-bond donors (Lipinski definition) is 1. The van der Waals surface area contributed by atoms with Crippen molar-refractivity contribution in [1.29, 1.82) is 0 Å². The van der Waals surface area contributed by atoms with Crippen LogP contribution in [-0.4, -0.2) is 11.2 Å². The molecule has 0 aliphatic heterocycles. The zero-order valence-corrected chi connectivity index (χ0v) is 11.9. The van der Waals surface area contributed by atoms with Crippen LogP contribution in [0.15, 0.2) is 48.5 Å². The van der Waals surface area contributed by atoms with Crippen LogP contribution in [0.2, 0.25) is 0 Å². The lowest BCUT2D eigenvalue weighted by molar-refractivity contribution is 0.101. The largest absolute Gasteiger partial charge is 0.491 e. The maximum atomic E-state index is 13.3. The lowest BCUT2D eigenvalue weighted by Gasteiger charge is -2.25. The van der Waals surface area contributed by atoms with Crippen LogP contribution in [0.3, 0.4) is 0 Å². The molecule has 0 fully saturated rings. The van der Waals surface area contributed by atoms with Gasteiger partial charge in [0.1, 0.15) is 17.2 Å². The number of ether oxygens (including phenoxy) is 1. The van der Waals surface area contributed by atoms with Crippen LogP contribution < -0.4 is 4.74 Å². The predicted molar refractivity (Wildman–Crippen MR) is 77.3 cm³/mol. The van der Waals surface area contributed by atoms with Crippen LogP contribution in [0.1, 0.15) is 31.9 Å². The summed E-state index contributed by atoms with van der Waals surface area (Å²) < 4.78 is 19.0. The van der Waals surface area contributed by atoms with Gasteiger partial charge in [0, 0.05) is 0 Å². The molecule has 0 amide bonds. The van der Waals surface area contributed by atoms with Crippen molar-refractivity contribution in [3.8, 4) is 5.75 Å². The van der Waals surface area contributed by atoms with Gasteiger partial charge in [0.2, 0.25) is 0 Å². The number of rotatable bonds is 4. The van der Waals surface area contributed by atoms with E-state index in [9.17, 15) is 9.50 Å². The van der Waals surface area contributed by atoms with Crippen molar-refractivity contribution in [1.82, 2.24) is 0 Å². The molecular formula is C17H19FO2. The summed E-state index contributed by atoms with van der Waals surface area (Å²) in [4.78, 5) is 0. The molecule has 0 aliphatic carbocycles. The Morgan fingerprint density at radius 2 is 1.65 bits per heavy atom. The fraction of sp³-hybridized carbons (Fsp3) is 0.294. The molecule has 0 radical (unpaired) electrons. The third-order valence-corrected chi connectivity index (χ3v) is 3.15. The minimum absolute atomic E-state index is 0.0596. The molecular weight excluding hydrogens is 255 g/mol. The SMILES string of the molecule is CC(C)Oc1cccc(C(C)(O)c2cccc(F)c2)c1. The zero-order valence-electron chi connectivity index (χ0n) is 11.9. The first-order valence-corrected chi connectivity index (χ1v) is 6.65. The van der Waals surface area contributed by atoms with E-state index in [-0.39, 0.29) is 11.9 Å². The fourth-order valence-corrected chi connectivity index (χ4v) is 2.10. The molecule has 1 atom stereocenters. The second kappa shape index (κ2) is 5.63. The van der Waals surface area contributed by atoms with Crippen molar-refractivity contribution < 1.29 is 14.2 Å². The lowest BCUT2D eigenvalue weighted by Crippen LogP contribution is -2.23. The summed E-state index contributed by atoms with van der Waals surface area (Å²) in [6.07, 6.45) is 0.0596. The minimum Gasteiger partial charge on any atom is -0.491 e. The molecule has 0 aliphatic rings. The Morgan fingerprint density at radius 1 is 1.05 bits per heavy atom. The monoisotopic (exact) mass is 274 g/mol. The van der Waals surface area contributed by atoms with Gasteiger partial charge in [-0.3, -0.25) is 0 Å². The van der Waals surface area contributed by atoms with Gasteiger partial charge in [-0.05, 0) is 56.2 Å². The Kier molecular flexibility index (Phi) is 4.09. The molecule has 20 heavy (non-hydrogen) atoms. The topological polar surface area (TPSA) is 29.5 Å². The molecule has 2 aromatic carbocycles. The standard InChI is InChI=1S/C17H19FO2/c1-12(2)20-16-9-5-7-14(11-16)17(3,19)13-6-4-8-15(18)10-13/h4-12,19H,1-3H3. The third-order valence-electron chi connectivity index (χ3n) is 3.15. The second-order valence-electron chi connectivity index (χ2n) is 5.28. The van der Waals surface area contributed by atoms with E-state index in [1.165, 1.54) is 12.1 Å². The normalized spacial score (nSPS) is 14.1. The highest BCUT2D eigenvalue weighted by Crippen LogP contribution is 2.31. The van der Waals surface area contributed by atoms with Gasteiger partial charge < -0.3 is 9.84 Å². The van der Waals surface area contributed by atoms with E-state index in [1.54, 1.807) is 31.2 Å². The first-order valence-electron chi connectivity index (χ1n) is 6.65. The van der Waals surface area contributed by atoms with Crippen molar-refractivity contribution in [2.24, 2.45) is 0 Å². The van der Waals surface area contributed by atoms with E-state index in [0.29, 0.717) is 16.9 Å². The van der Waals surface area contributed by atoms with Gasteiger partial charge in [0.15, 0.2) is 0 Å². The number of benzene rings is 2. The van der Waals surface area contributed by atoms with E-state index in [4.69, 9.17) is 4.74 Å². The van der Waals surface area contributed by atoms with Gasteiger partial charge in [-0.1, -0.05) is 24.3 Å². The van der Waals surface area contributed by atoms with Gasteiger partial charge in [0.25, 0.3) is 0 Å². The van der Waals surface area contributed by atoms with Crippen molar-refractivity contribution in [3.63, 3.8) is 0 Å². The van der Waals surface area contributed by atoms with Gasteiger partial charge >= 0.3 is 0 Å². The Morgan fingerprint density at radius 3 is 2.25 bits per heavy atom. The van der Waals surface area contributed by atoms with Gasteiger partial charge in [0.05, 0.1) is 6.10 Å². The van der Waals surface area contributed by atoms with Gasteiger partial charge in [-0.15, -0.1) is 0 Å². The molecule has 1 N–H and O–H groups in total. The summed E-state index contributed by atoms with van der Waals surface area (Å²) in [5.74, 6) is 0.325. The number of halogens is 1. The first kappa shape index (κ1) is 14.5. The fourth-order valence-electron chi connectivity index (χ4n) is 2.10. The smallest absolute Gasteiger partial charge is 0.123 e. The minimum atomic E-state index is -1.27. The molecule has 0 bridgehead atoms. The maximum absolute atomic E-state index is 13.3.